The average molecular weight is 377 g/mol. The standard InChI is InChI=1S/C18H19NO6S/c1-24-17(20)15-6-4-5-11-19(16(15)18(21)25-2)14-9-7-13(8-10-14)12-26(3,22)23/h4-11H,12H2,1-3H3. The van der Waals surface area contributed by atoms with Gasteiger partial charge in [0.25, 0.3) is 0 Å². The van der Waals surface area contributed by atoms with Crippen molar-refractivity contribution in [3.8, 4) is 0 Å². The molecular weight excluding hydrogens is 358 g/mol. The topological polar surface area (TPSA) is 90.0 Å². The summed E-state index contributed by atoms with van der Waals surface area (Å²) in [6.45, 7) is 0. The number of carbonyl (C=O) groups is 2. The van der Waals surface area contributed by atoms with E-state index in [1.54, 1.807) is 42.6 Å². The highest BCUT2D eigenvalue weighted by atomic mass is 32.2. The summed E-state index contributed by atoms with van der Waals surface area (Å²) >= 11 is 0. The third-order valence-corrected chi connectivity index (χ3v) is 4.39. The van der Waals surface area contributed by atoms with E-state index in [1.807, 2.05) is 0 Å². The molecule has 0 spiro atoms. The lowest BCUT2D eigenvalue weighted by Crippen LogP contribution is -2.26. The second-order valence-electron chi connectivity index (χ2n) is 5.55. The molecule has 1 aromatic carbocycles. The predicted molar refractivity (Wildman–Crippen MR) is 96.8 cm³/mol. The van der Waals surface area contributed by atoms with E-state index in [4.69, 9.17) is 9.47 Å². The van der Waals surface area contributed by atoms with Crippen molar-refractivity contribution in [1.29, 1.82) is 0 Å². The Morgan fingerprint density at radius 2 is 1.62 bits per heavy atom. The Kier molecular flexibility index (Phi) is 5.99. The molecule has 0 N–H and O–H groups in total. The fraction of sp³-hybridized carbons (Fsp3) is 0.222. The van der Waals surface area contributed by atoms with E-state index in [0.29, 0.717) is 11.3 Å². The van der Waals surface area contributed by atoms with Crippen LogP contribution in [0.25, 0.3) is 0 Å². The number of methoxy groups -OCH3 is 2. The van der Waals surface area contributed by atoms with Crippen LogP contribution in [0.3, 0.4) is 0 Å². The van der Waals surface area contributed by atoms with Crippen molar-refractivity contribution >= 4 is 27.5 Å². The van der Waals surface area contributed by atoms with Gasteiger partial charge in [0.2, 0.25) is 0 Å². The molecule has 0 atom stereocenters. The Morgan fingerprint density at radius 3 is 2.15 bits per heavy atom. The summed E-state index contributed by atoms with van der Waals surface area (Å²) in [7, 11) is -0.713. The second-order valence-corrected chi connectivity index (χ2v) is 7.69. The summed E-state index contributed by atoms with van der Waals surface area (Å²) in [5.74, 6) is -1.47. The molecule has 1 aliphatic rings. The largest absolute Gasteiger partial charge is 0.465 e. The molecule has 0 saturated carbocycles. The van der Waals surface area contributed by atoms with E-state index >= 15 is 0 Å². The molecule has 0 bridgehead atoms. The molecule has 1 heterocycles. The zero-order valence-electron chi connectivity index (χ0n) is 14.6. The van der Waals surface area contributed by atoms with Gasteiger partial charge in [-0.2, -0.15) is 0 Å². The monoisotopic (exact) mass is 377 g/mol. The Balaban J connectivity index is 2.51. The van der Waals surface area contributed by atoms with Gasteiger partial charge in [-0.25, -0.2) is 18.0 Å². The lowest BCUT2D eigenvalue weighted by Gasteiger charge is -2.23. The Morgan fingerprint density at radius 1 is 1.00 bits per heavy atom. The van der Waals surface area contributed by atoms with Crippen molar-refractivity contribution in [1.82, 2.24) is 0 Å². The van der Waals surface area contributed by atoms with Crippen molar-refractivity contribution in [3.63, 3.8) is 0 Å². The second kappa shape index (κ2) is 8.01. The van der Waals surface area contributed by atoms with Gasteiger partial charge in [0.05, 0.1) is 25.5 Å². The van der Waals surface area contributed by atoms with Gasteiger partial charge in [-0.05, 0) is 29.8 Å². The minimum Gasteiger partial charge on any atom is -0.465 e. The van der Waals surface area contributed by atoms with Crippen LogP contribution in [0.2, 0.25) is 0 Å². The highest BCUT2D eigenvalue weighted by molar-refractivity contribution is 7.89. The number of hydrogen-bond donors (Lipinski definition) is 0. The summed E-state index contributed by atoms with van der Waals surface area (Å²) in [6, 6.07) is 6.62. The molecule has 0 saturated heterocycles. The van der Waals surface area contributed by atoms with Gasteiger partial charge >= 0.3 is 11.9 Å². The lowest BCUT2D eigenvalue weighted by molar-refractivity contribution is -0.139. The fourth-order valence-corrected chi connectivity index (χ4v) is 3.22. The minimum atomic E-state index is -3.15. The van der Waals surface area contributed by atoms with Crippen LogP contribution >= 0.6 is 0 Å². The predicted octanol–water partition coefficient (Wildman–Crippen LogP) is 1.72. The van der Waals surface area contributed by atoms with Crippen LogP contribution < -0.4 is 4.90 Å². The number of rotatable bonds is 5. The molecule has 1 aliphatic heterocycles. The van der Waals surface area contributed by atoms with Crippen molar-refractivity contribution in [2.24, 2.45) is 0 Å². The summed E-state index contributed by atoms with van der Waals surface area (Å²) in [5.41, 5.74) is 1.22. The first-order valence-corrected chi connectivity index (χ1v) is 9.64. The molecule has 1 aromatic rings. The smallest absolute Gasteiger partial charge is 0.355 e. The molecule has 138 valence electrons. The number of hydrogen-bond acceptors (Lipinski definition) is 7. The van der Waals surface area contributed by atoms with Crippen LogP contribution in [0.5, 0.6) is 0 Å². The number of ether oxygens (including phenoxy) is 2. The van der Waals surface area contributed by atoms with Crippen LogP contribution in [0, 0.1) is 0 Å². The van der Waals surface area contributed by atoms with Gasteiger partial charge in [-0.3, -0.25) is 0 Å². The number of carbonyl (C=O) groups excluding carboxylic acids is 2. The number of esters is 2. The number of benzene rings is 1. The first-order chi connectivity index (χ1) is 12.3. The molecule has 8 heteroatoms. The molecule has 0 radical (unpaired) electrons. The molecular formula is C18H19NO6S. The Hall–Kier alpha value is -2.87. The van der Waals surface area contributed by atoms with E-state index in [1.165, 1.54) is 25.2 Å². The molecule has 0 fully saturated rings. The van der Waals surface area contributed by atoms with Crippen molar-refractivity contribution < 1.29 is 27.5 Å². The van der Waals surface area contributed by atoms with E-state index in [9.17, 15) is 18.0 Å². The number of anilines is 1. The highest BCUT2D eigenvalue weighted by Crippen LogP contribution is 2.26. The number of sulfone groups is 1. The summed E-state index contributed by atoms with van der Waals surface area (Å²) in [6.07, 6.45) is 7.48. The molecule has 0 aromatic heterocycles. The maximum atomic E-state index is 12.3. The quantitative estimate of drug-likeness (QED) is 0.722. The zero-order chi connectivity index (χ0) is 19.3. The maximum Gasteiger partial charge on any atom is 0.355 e. The zero-order valence-corrected chi connectivity index (χ0v) is 15.4. The van der Waals surface area contributed by atoms with Crippen LogP contribution in [-0.2, 0) is 34.7 Å². The highest BCUT2D eigenvalue weighted by Gasteiger charge is 2.27. The van der Waals surface area contributed by atoms with Gasteiger partial charge in [0.1, 0.15) is 5.70 Å². The first-order valence-electron chi connectivity index (χ1n) is 7.58. The van der Waals surface area contributed by atoms with E-state index < -0.39 is 21.8 Å². The number of allylic oxidation sites excluding steroid dienone is 2. The molecule has 0 amide bonds. The van der Waals surface area contributed by atoms with Gasteiger partial charge in [-0.1, -0.05) is 18.2 Å². The average Bonchev–Trinajstić information content (AvgIpc) is 2.82. The normalized spacial score (nSPS) is 14.2. The Bertz CT molecular complexity index is 894. The fourth-order valence-electron chi connectivity index (χ4n) is 2.42. The van der Waals surface area contributed by atoms with Crippen molar-refractivity contribution in [2.75, 3.05) is 25.4 Å². The minimum absolute atomic E-state index is 0.000197. The third-order valence-electron chi connectivity index (χ3n) is 3.53. The molecule has 0 aliphatic carbocycles. The molecule has 26 heavy (non-hydrogen) atoms. The third kappa shape index (κ3) is 4.60. The maximum absolute atomic E-state index is 12.3. The van der Waals surface area contributed by atoms with Gasteiger partial charge < -0.3 is 14.4 Å². The summed E-state index contributed by atoms with van der Waals surface area (Å²) < 4.78 is 32.4. The van der Waals surface area contributed by atoms with Crippen molar-refractivity contribution in [2.45, 2.75) is 5.75 Å². The molecule has 7 nitrogen and oxygen atoms in total. The molecule has 2 rings (SSSR count). The van der Waals surface area contributed by atoms with Crippen molar-refractivity contribution in [3.05, 3.63) is 65.5 Å². The van der Waals surface area contributed by atoms with E-state index in [0.717, 1.165) is 6.26 Å². The number of nitrogens with zero attached hydrogens (tertiary/aromatic N) is 1. The van der Waals surface area contributed by atoms with Crippen LogP contribution in [0.1, 0.15) is 5.56 Å². The van der Waals surface area contributed by atoms with E-state index in [2.05, 4.69) is 0 Å². The summed E-state index contributed by atoms with van der Waals surface area (Å²) in [5, 5.41) is 0. The lowest BCUT2D eigenvalue weighted by atomic mass is 10.1. The first kappa shape index (κ1) is 19.5. The van der Waals surface area contributed by atoms with Gasteiger partial charge in [0, 0.05) is 18.1 Å². The van der Waals surface area contributed by atoms with Gasteiger partial charge in [-0.15, -0.1) is 0 Å². The van der Waals surface area contributed by atoms with Crippen LogP contribution in [0.15, 0.2) is 60.0 Å². The molecule has 0 unspecified atom stereocenters. The Labute approximate surface area is 152 Å². The summed E-state index contributed by atoms with van der Waals surface area (Å²) in [4.78, 5) is 25.9. The van der Waals surface area contributed by atoms with E-state index in [-0.39, 0.29) is 17.0 Å². The van der Waals surface area contributed by atoms with Crippen LogP contribution in [0.4, 0.5) is 5.69 Å². The van der Waals surface area contributed by atoms with Gasteiger partial charge in [0.15, 0.2) is 9.84 Å². The SMILES string of the molecule is COC(=O)C1=C(C(=O)OC)N(c2ccc(CS(C)(=O)=O)cc2)C=CC=C1. The van der Waals surface area contributed by atoms with Crippen LogP contribution in [-0.4, -0.2) is 40.8 Å².